The van der Waals surface area contributed by atoms with Gasteiger partial charge >= 0.3 is 0 Å². The number of fused-ring (bicyclic) bond motifs is 1. The number of carbonyl (C=O) groups excluding carboxylic acids is 2. The maximum Gasteiger partial charge on any atom is 0.250 e. The summed E-state index contributed by atoms with van der Waals surface area (Å²) in [4.78, 5) is 33.3. The first-order valence-electron chi connectivity index (χ1n) is 12.4. The number of nitrogen functional groups attached to an aromatic ring is 1. The van der Waals surface area contributed by atoms with Crippen molar-refractivity contribution in [2.75, 3.05) is 16.4 Å². The number of amides is 2. The van der Waals surface area contributed by atoms with Crippen LogP contribution in [-0.2, 0) is 16.6 Å². The summed E-state index contributed by atoms with van der Waals surface area (Å²) in [6, 6.07) is 15.4. The molecule has 37 heavy (non-hydrogen) atoms. The van der Waals surface area contributed by atoms with Crippen LogP contribution in [0.15, 0.2) is 67.0 Å². The second-order valence-corrected chi connectivity index (χ2v) is 9.60. The Morgan fingerprint density at radius 3 is 2.16 bits per heavy atom. The van der Waals surface area contributed by atoms with E-state index in [2.05, 4.69) is 27.2 Å². The Labute approximate surface area is 215 Å². The van der Waals surface area contributed by atoms with Gasteiger partial charge in [0.05, 0.1) is 11.1 Å². The van der Waals surface area contributed by atoms with Crippen LogP contribution in [0.1, 0.15) is 32.6 Å². The maximum absolute atomic E-state index is 12.6. The summed E-state index contributed by atoms with van der Waals surface area (Å²) in [5, 5.41) is 6.66. The number of carbonyl (C=O) groups is 2. The number of nitrogens with two attached hydrogens (primary N) is 1. The molecule has 0 spiro atoms. The molecule has 2 aromatic carbocycles. The lowest BCUT2D eigenvalue weighted by Crippen LogP contribution is -2.20. The Balaban J connectivity index is 1.54. The first kappa shape index (κ1) is 24.2. The molecule has 2 amide bonds. The minimum absolute atomic E-state index is 0.0903. The number of benzene rings is 2. The SMILES string of the molecule is C=C(C)C(=O)Nc1ccc(-c2c(-c3ccc(NC(=O)C4CCCC4)cc3)c3c(N)ncnc3n2C)cc1. The molecule has 188 valence electrons. The lowest BCUT2D eigenvalue weighted by atomic mass is 9.98. The van der Waals surface area contributed by atoms with Gasteiger partial charge in [-0.2, -0.15) is 0 Å². The van der Waals surface area contributed by atoms with Crippen LogP contribution in [0, 0.1) is 5.92 Å². The molecular weight excluding hydrogens is 464 g/mol. The van der Waals surface area contributed by atoms with E-state index in [-0.39, 0.29) is 17.7 Å². The predicted molar refractivity (Wildman–Crippen MR) is 148 cm³/mol. The van der Waals surface area contributed by atoms with Crippen molar-refractivity contribution in [3.63, 3.8) is 0 Å². The van der Waals surface area contributed by atoms with Gasteiger partial charge in [-0.1, -0.05) is 43.7 Å². The highest BCUT2D eigenvalue weighted by atomic mass is 16.2. The van der Waals surface area contributed by atoms with E-state index in [0.717, 1.165) is 64.8 Å². The summed E-state index contributed by atoms with van der Waals surface area (Å²) >= 11 is 0. The summed E-state index contributed by atoms with van der Waals surface area (Å²) in [7, 11) is 1.94. The maximum atomic E-state index is 12.6. The molecular formula is C29H30N6O2. The van der Waals surface area contributed by atoms with E-state index < -0.39 is 0 Å². The molecule has 1 fully saturated rings. The van der Waals surface area contributed by atoms with Gasteiger partial charge in [0.2, 0.25) is 5.91 Å². The van der Waals surface area contributed by atoms with Crippen LogP contribution < -0.4 is 16.4 Å². The Hall–Kier alpha value is -4.46. The zero-order chi connectivity index (χ0) is 26.1. The molecule has 0 radical (unpaired) electrons. The van der Waals surface area contributed by atoms with Crippen LogP contribution in [0.3, 0.4) is 0 Å². The fraction of sp³-hybridized carbons (Fsp3) is 0.241. The fourth-order valence-corrected chi connectivity index (χ4v) is 5.00. The van der Waals surface area contributed by atoms with Crippen molar-refractivity contribution in [1.29, 1.82) is 0 Å². The number of nitrogens with one attached hydrogen (secondary N) is 2. The highest BCUT2D eigenvalue weighted by molar-refractivity contribution is 6.08. The zero-order valence-electron chi connectivity index (χ0n) is 21.0. The summed E-state index contributed by atoms with van der Waals surface area (Å²) in [5.74, 6) is 0.365. The van der Waals surface area contributed by atoms with Gasteiger partial charge in [-0.05, 0) is 55.2 Å². The summed E-state index contributed by atoms with van der Waals surface area (Å²) in [5.41, 5.74) is 12.6. The van der Waals surface area contributed by atoms with E-state index in [1.807, 2.05) is 60.1 Å². The van der Waals surface area contributed by atoms with Crippen molar-refractivity contribution in [1.82, 2.24) is 14.5 Å². The van der Waals surface area contributed by atoms with Gasteiger partial charge in [0.1, 0.15) is 17.8 Å². The summed E-state index contributed by atoms with van der Waals surface area (Å²) in [6.45, 7) is 5.35. The largest absolute Gasteiger partial charge is 0.383 e. The minimum atomic E-state index is -0.221. The lowest BCUT2D eigenvalue weighted by Gasteiger charge is -2.12. The molecule has 4 aromatic rings. The van der Waals surface area contributed by atoms with Crippen LogP contribution >= 0.6 is 0 Å². The Morgan fingerprint density at radius 2 is 1.54 bits per heavy atom. The molecule has 0 bridgehead atoms. The third-order valence-electron chi connectivity index (χ3n) is 6.97. The molecule has 5 rings (SSSR count). The first-order valence-corrected chi connectivity index (χ1v) is 12.4. The van der Waals surface area contributed by atoms with Crippen LogP contribution in [0.25, 0.3) is 33.4 Å². The number of anilines is 3. The average Bonchev–Trinajstić information content (AvgIpc) is 3.53. The van der Waals surface area contributed by atoms with Crippen molar-refractivity contribution >= 4 is 40.0 Å². The molecule has 1 aliphatic rings. The van der Waals surface area contributed by atoms with Gasteiger partial charge in [-0.15, -0.1) is 0 Å². The molecule has 0 unspecified atom stereocenters. The molecule has 1 saturated carbocycles. The molecule has 0 aliphatic heterocycles. The van der Waals surface area contributed by atoms with Gasteiger partial charge in [0.25, 0.3) is 5.91 Å². The topological polar surface area (TPSA) is 115 Å². The molecule has 0 saturated heterocycles. The molecule has 8 nitrogen and oxygen atoms in total. The monoisotopic (exact) mass is 494 g/mol. The normalized spacial score (nSPS) is 13.6. The van der Waals surface area contributed by atoms with Crippen LogP contribution in [0.5, 0.6) is 0 Å². The minimum Gasteiger partial charge on any atom is -0.383 e. The quantitative estimate of drug-likeness (QED) is 0.305. The Morgan fingerprint density at radius 1 is 0.946 bits per heavy atom. The third-order valence-corrected chi connectivity index (χ3v) is 6.97. The van der Waals surface area contributed by atoms with Crippen LogP contribution in [0.4, 0.5) is 17.2 Å². The average molecular weight is 495 g/mol. The number of aryl methyl sites for hydroxylation is 1. The Kier molecular flexibility index (Phi) is 6.48. The van der Waals surface area contributed by atoms with E-state index >= 15 is 0 Å². The van der Waals surface area contributed by atoms with Gasteiger partial charge in [0, 0.05) is 35.5 Å². The van der Waals surface area contributed by atoms with Crippen LogP contribution in [0.2, 0.25) is 0 Å². The second kappa shape index (κ2) is 9.89. The highest BCUT2D eigenvalue weighted by Crippen LogP contribution is 2.42. The van der Waals surface area contributed by atoms with E-state index in [9.17, 15) is 9.59 Å². The fourth-order valence-electron chi connectivity index (χ4n) is 5.00. The second-order valence-electron chi connectivity index (χ2n) is 9.60. The molecule has 2 heterocycles. The molecule has 2 aromatic heterocycles. The zero-order valence-corrected chi connectivity index (χ0v) is 21.0. The predicted octanol–water partition coefficient (Wildman–Crippen LogP) is 5.53. The van der Waals surface area contributed by atoms with E-state index in [1.165, 1.54) is 6.33 Å². The van der Waals surface area contributed by atoms with Gasteiger partial charge in [0.15, 0.2) is 0 Å². The summed E-state index contributed by atoms with van der Waals surface area (Å²) in [6.07, 6.45) is 5.61. The molecule has 8 heteroatoms. The van der Waals surface area contributed by atoms with Crippen molar-refractivity contribution < 1.29 is 9.59 Å². The van der Waals surface area contributed by atoms with E-state index in [4.69, 9.17) is 5.73 Å². The van der Waals surface area contributed by atoms with E-state index in [0.29, 0.717) is 17.1 Å². The van der Waals surface area contributed by atoms with Crippen molar-refractivity contribution in [3.05, 3.63) is 67.0 Å². The number of hydrogen-bond donors (Lipinski definition) is 3. The molecule has 4 N–H and O–H groups in total. The third kappa shape index (κ3) is 4.70. The van der Waals surface area contributed by atoms with Crippen molar-refractivity contribution in [3.8, 4) is 22.4 Å². The van der Waals surface area contributed by atoms with Crippen LogP contribution in [-0.4, -0.2) is 26.3 Å². The van der Waals surface area contributed by atoms with Crippen molar-refractivity contribution in [2.24, 2.45) is 13.0 Å². The Bertz CT molecular complexity index is 1500. The number of nitrogens with zero attached hydrogens (tertiary/aromatic N) is 3. The van der Waals surface area contributed by atoms with Gasteiger partial charge in [-0.3, -0.25) is 9.59 Å². The smallest absolute Gasteiger partial charge is 0.250 e. The van der Waals surface area contributed by atoms with Gasteiger partial charge in [-0.25, -0.2) is 9.97 Å². The van der Waals surface area contributed by atoms with Crippen molar-refractivity contribution in [2.45, 2.75) is 32.6 Å². The van der Waals surface area contributed by atoms with Gasteiger partial charge < -0.3 is 20.9 Å². The number of aromatic nitrogens is 3. The first-order chi connectivity index (χ1) is 17.8. The van der Waals surface area contributed by atoms with E-state index in [1.54, 1.807) is 6.92 Å². The lowest BCUT2D eigenvalue weighted by molar-refractivity contribution is -0.119. The molecule has 0 atom stereocenters. The summed E-state index contributed by atoms with van der Waals surface area (Å²) < 4.78 is 2.00. The number of rotatable bonds is 6. The highest BCUT2D eigenvalue weighted by Gasteiger charge is 2.24. The number of hydrogen-bond acceptors (Lipinski definition) is 5. The standard InChI is InChI=1S/C29H30N6O2/c1-17(2)28(36)33-21-14-10-19(11-15-21)25-23(24-26(30)31-16-32-27(24)35(25)3)18-8-12-22(13-9-18)34-29(37)20-6-4-5-7-20/h8-16,20H,1,4-7H2,2-3H3,(H,33,36)(H,34,37)(H2,30,31,32). The molecule has 1 aliphatic carbocycles.